The molecule has 2 unspecified atom stereocenters. The lowest BCUT2D eigenvalue weighted by atomic mass is 10.0. The third-order valence-electron chi connectivity index (χ3n) is 3.22. The van der Waals surface area contributed by atoms with Crippen LogP contribution in [-0.2, 0) is 9.47 Å². The van der Waals surface area contributed by atoms with Crippen LogP contribution in [0.4, 0.5) is 0 Å². The highest BCUT2D eigenvalue weighted by Gasteiger charge is 2.15. The van der Waals surface area contributed by atoms with Crippen molar-refractivity contribution in [2.45, 2.75) is 45.1 Å². The number of nitrogens with one attached hydrogen (secondary N) is 1. The van der Waals surface area contributed by atoms with E-state index in [1.165, 1.54) is 32.1 Å². The Balaban J connectivity index is 1.87. The lowest BCUT2D eigenvalue weighted by Crippen LogP contribution is -2.24. The van der Waals surface area contributed by atoms with Gasteiger partial charge in [0, 0.05) is 20.3 Å². The summed E-state index contributed by atoms with van der Waals surface area (Å²) in [4.78, 5) is 0. The number of rotatable bonds is 9. The second kappa shape index (κ2) is 8.97. The van der Waals surface area contributed by atoms with Crippen molar-refractivity contribution < 1.29 is 9.47 Å². The third kappa shape index (κ3) is 6.46. The molecule has 0 aromatic carbocycles. The quantitative estimate of drug-likeness (QED) is 0.615. The Bertz CT molecular complexity index is 158. The molecule has 3 nitrogen and oxygen atoms in total. The summed E-state index contributed by atoms with van der Waals surface area (Å²) in [6.07, 6.45) is 6.97. The number of methoxy groups -OCH3 is 1. The van der Waals surface area contributed by atoms with Gasteiger partial charge in [0.2, 0.25) is 0 Å². The summed E-state index contributed by atoms with van der Waals surface area (Å²) in [7, 11) is 1.74. The van der Waals surface area contributed by atoms with Crippen LogP contribution in [-0.4, -0.2) is 39.5 Å². The Hall–Kier alpha value is -0.120. The fourth-order valence-corrected chi connectivity index (χ4v) is 2.19. The number of hydrogen-bond donors (Lipinski definition) is 1. The molecule has 2 atom stereocenters. The molecule has 1 saturated heterocycles. The maximum absolute atomic E-state index is 5.62. The highest BCUT2D eigenvalue weighted by molar-refractivity contribution is 4.66. The van der Waals surface area contributed by atoms with Gasteiger partial charge >= 0.3 is 0 Å². The molecule has 0 aromatic rings. The molecule has 1 aliphatic heterocycles. The predicted molar refractivity (Wildman–Crippen MR) is 66.7 cm³/mol. The summed E-state index contributed by atoms with van der Waals surface area (Å²) in [6, 6.07) is 0. The molecule has 0 bridgehead atoms. The SMILES string of the molecule is COCCNCC(C)CCCC1CCCO1. The first-order valence-electron chi connectivity index (χ1n) is 6.64. The van der Waals surface area contributed by atoms with Gasteiger partial charge in [0.05, 0.1) is 12.7 Å². The molecule has 0 aromatic heterocycles. The minimum atomic E-state index is 0.564. The first-order chi connectivity index (χ1) is 7.83. The van der Waals surface area contributed by atoms with E-state index in [9.17, 15) is 0 Å². The topological polar surface area (TPSA) is 30.5 Å². The van der Waals surface area contributed by atoms with Crippen molar-refractivity contribution in [1.29, 1.82) is 0 Å². The van der Waals surface area contributed by atoms with Crippen LogP contribution in [0, 0.1) is 5.92 Å². The molecule has 0 amide bonds. The van der Waals surface area contributed by atoms with Gasteiger partial charge in [-0.1, -0.05) is 13.3 Å². The molecular weight excluding hydrogens is 202 g/mol. The molecule has 0 saturated carbocycles. The predicted octanol–water partition coefficient (Wildman–Crippen LogP) is 2.21. The molecule has 3 heteroatoms. The van der Waals surface area contributed by atoms with Crippen LogP contribution in [0.5, 0.6) is 0 Å². The Morgan fingerprint density at radius 1 is 1.50 bits per heavy atom. The van der Waals surface area contributed by atoms with E-state index in [1.807, 2.05) is 0 Å². The zero-order valence-corrected chi connectivity index (χ0v) is 10.8. The van der Waals surface area contributed by atoms with Gasteiger partial charge in [-0.05, 0) is 38.1 Å². The molecule has 1 N–H and O–H groups in total. The van der Waals surface area contributed by atoms with E-state index in [0.29, 0.717) is 6.10 Å². The normalized spacial score (nSPS) is 22.5. The highest BCUT2D eigenvalue weighted by atomic mass is 16.5. The molecule has 16 heavy (non-hydrogen) atoms. The standard InChI is InChI=1S/C13H27NO2/c1-12(11-14-8-10-15-2)5-3-6-13-7-4-9-16-13/h12-14H,3-11H2,1-2H3. The van der Waals surface area contributed by atoms with Crippen molar-refractivity contribution in [1.82, 2.24) is 5.32 Å². The summed E-state index contributed by atoms with van der Waals surface area (Å²) in [5.74, 6) is 0.762. The summed E-state index contributed by atoms with van der Waals surface area (Å²) >= 11 is 0. The maximum atomic E-state index is 5.62. The van der Waals surface area contributed by atoms with Crippen LogP contribution in [0.3, 0.4) is 0 Å². The van der Waals surface area contributed by atoms with Gasteiger partial charge in [-0.25, -0.2) is 0 Å². The van der Waals surface area contributed by atoms with Gasteiger partial charge in [0.1, 0.15) is 0 Å². The molecular formula is C13H27NO2. The van der Waals surface area contributed by atoms with Crippen molar-refractivity contribution in [3.8, 4) is 0 Å². The number of hydrogen-bond acceptors (Lipinski definition) is 3. The fraction of sp³-hybridized carbons (Fsp3) is 1.00. The third-order valence-corrected chi connectivity index (χ3v) is 3.22. The lowest BCUT2D eigenvalue weighted by molar-refractivity contribution is 0.101. The second-order valence-electron chi connectivity index (χ2n) is 4.87. The first-order valence-corrected chi connectivity index (χ1v) is 6.64. The lowest BCUT2D eigenvalue weighted by Gasteiger charge is -2.14. The van der Waals surface area contributed by atoms with E-state index in [2.05, 4.69) is 12.2 Å². The van der Waals surface area contributed by atoms with E-state index < -0.39 is 0 Å². The molecule has 96 valence electrons. The molecule has 1 fully saturated rings. The Morgan fingerprint density at radius 2 is 2.38 bits per heavy atom. The van der Waals surface area contributed by atoms with Gasteiger partial charge in [-0.3, -0.25) is 0 Å². The molecule has 0 radical (unpaired) electrons. The average Bonchev–Trinajstić information content (AvgIpc) is 2.77. The van der Waals surface area contributed by atoms with E-state index in [-0.39, 0.29) is 0 Å². The first kappa shape index (κ1) is 13.9. The highest BCUT2D eigenvalue weighted by Crippen LogP contribution is 2.19. The number of ether oxygens (including phenoxy) is 2. The van der Waals surface area contributed by atoms with Crippen LogP contribution in [0.25, 0.3) is 0 Å². The van der Waals surface area contributed by atoms with Gasteiger partial charge in [0.15, 0.2) is 0 Å². The van der Waals surface area contributed by atoms with Gasteiger partial charge < -0.3 is 14.8 Å². The maximum Gasteiger partial charge on any atom is 0.0587 e. The van der Waals surface area contributed by atoms with E-state index in [0.717, 1.165) is 32.2 Å². The van der Waals surface area contributed by atoms with Crippen molar-refractivity contribution in [3.05, 3.63) is 0 Å². The van der Waals surface area contributed by atoms with E-state index in [1.54, 1.807) is 7.11 Å². The van der Waals surface area contributed by atoms with Crippen LogP contribution >= 0.6 is 0 Å². The Morgan fingerprint density at radius 3 is 3.06 bits per heavy atom. The molecule has 0 aliphatic carbocycles. The van der Waals surface area contributed by atoms with Crippen molar-refractivity contribution in [2.75, 3.05) is 33.4 Å². The minimum Gasteiger partial charge on any atom is -0.383 e. The van der Waals surface area contributed by atoms with Gasteiger partial charge in [0.25, 0.3) is 0 Å². The van der Waals surface area contributed by atoms with E-state index in [4.69, 9.17) is 9.47 Å². The van der Waals surface area contributed by atoms with Crippen molar-refractivity contribution >= 4 is 0 Å². The second-order valence-corrected chi connectivity index (χ2v) is 4.87. The monoisotopic (exact) mass is 229 g/mol. The molecule has 1 heterocycles. The molecule has 1 rings (SSSR count). The van der Waals surface area contributed by atoms with Crippen LogP contribution in [0.15, 0.2) is 0 Å². The summed E-state index contributed by atoms with van der Waals surface area (Å²) in [5, 5.41) is 3.41. The zero-order chi connectivity index (χ0) is 11.6. The van der Waals surface area contributed by atoms with Crippen molar-refractivity contribution in [3.63, 3.8) is 0 Å². The summed E-state index contributed by atoms with van der Waals surface area (Å²) < 4.78 is 10.6. The molecule has 0 spiro atoms. The van der Waals surface area contributed by atoms with E-state index >= 15 is 0 Å². The molecule has 1 aliphatic rings. The largest absolute Gasteiger partial charge is 0.383 e. The Kier molecular flexibility index (Phi) is 7.81. The van der Waals surface area contributed by atoms with Gasteiger partial charge in [-0.2, -0.15) is 0 Å². The minimum absolute atomic E-state index is 0.564. The van der Waals surface area contributed by atoms with Crippen LogP contribution in [0.2, 0.25) is 0 Å². The van der Waals surface area contributed by atoms with Gasteiger partial charge in [-0.15, -0.1) is 0 Å². The zero-order valence-electron chi connectivity index (χ0n) is 10.8. The summed E-state index contributed by atoms with van der Waals surface area (Å²) in [5.41, 5.74) is 0. The van der Waals surface area contributed by atoms with Crippen LogP contribution < -0.4 is 5.32 Å². The summed E-state index contributed by atoms with van der Waals surface area (Å²) in [6.45, 7) is 6.18. The fourth-order valence-electron chi connectivity index (χ4n) is 2.19. The Labute approximate surface area is 99.9 Å². The van der Waals surface area contributed by atoms with Crippen LogP contribution in [0.1, 0.15) is 39.0 Å². The van der Waals surface area contributed by atoms with Crippen molar-refractivity contribution in [2.24, 2.45) is 5.92 Å². The smallest absolute Gasteiger partial charge is 0.0587 e. The average molecular weight is 229 g/mol.